The molecule has 2 nitrogen and oxygen atoms in total. The third-order valence-electron chi connectivity index (χ3n) is 2.81. The SMILES string of the molecule is CCCNCc1cccc(SCc2ccncc2)c1. The Kier molecular flexibility index (Phi) is 5.92. The van der Waals surface area contributed by atoms with E-state index in [9.17, 15) is 0 Å². The molecule has 100 valence electrons. The van der Waals surface area contributed by atoms with Crippen molar-refractivity contribution >= 4 is 11.8 Å². The van der Waals surface area contributed by atoms with Gasteiger partial charge in [-0.15, -0.1) is 11.8 Å². The van der Waals surface area contributed by atoms with Crippen LogP contribution in [0.25, 0.3) is 0 Å². The fourth-order valence-electron chi connectivity index (χ4n) is 1.80. The van der Waals surface area contributed by atoms with Gasteiger partial charge in [0.05, 0.1) is 0 Å². The van der Waals surface area contributed by atoms with Gasteiger partial charge in [-0.2, -0.15) is 0 Å². The van der Waals surface area contributed by atoms with Crippen molar-refractivity contribution in [1.82, 2.24) is 10.3 Å². The second kappa shape index (κ2) is 7.97. The highest BCUT2D eigenvalue weighted by Crippen LogP contribution is 2.23. The number of thioether (sulfide) groups is 1. The van der Waals surface area contributed by atoms with Gasteiger partial charge in [0.25, 0.3) is 0 Å². The molecule has 0 saturated carbocycles. The Bertz CT molecular complexity index is 485. The lowest BCUT2D eigenvalue weighted by Gasteiger charge is -2.06. The number of hydrogen-bond donors (Lipinski definition) is 1. The smallest absolute Gasteiger partial charge is 0.0270 e. The zero-order chi connectivity index (χ0) is 13.3. The summed E-state index contributed by atoms with van der Waals surface area (Å²) in [6.45, 7) is 4.22. The Labute approximate surface area is 119 Å². The molecule has 1 heterocycles. The van der Waals surface area contributed by atoms with Crippen molar-refractivity contribution in [2.45, 2.75) is 30.5 Å². The van der Waals surface area contributed by atoms with Crippen molar-refractivity contribution in [3.8, 4) is 0 Å². The van der Waals surface area contributed by atoms with Crippen molar-refractivity contribution in [1.29, 1.82) is 0 Å². The molecule has 19 heavy (non-hydrogen) atoms. The molecule has 0 spiro atoms. The Balaban J connectivity index is 1.88. The van der Waals surface area contributed by atoms with Crippen LogP contribution in [0.1, 0.15) is 24.5 Å². The van der Waals surface area contributed by atoms with E-state index in [0.717, 1.165) is 18.8 Å². The number of hydrogen-bond acceptors (Lipinski definition) is 3. The number of nitrogens with zero attached hydrogens (tertiary/aromatic N) is 1. The molecule has 1 N–H and O–H groups in total. The second-order valence-electron chi connectivity index (χ2n) is 4.47. The lowest BCUT2D eigenvalue weighted by molar-refractivity contribution is 0.674. The van der Waals surface area contributed by atoms with Crippen LogP contribution in [0.5, 0.6) is 0 Å². The third-order valence-corrected chi connectivity index (χ3v) is 3.87. The Hall–Kier alpha value is -1.32. The maximum Gasteiger partial charge on any atom is 0.0270 e. The summed E-state index contributed by atoms with van der Waals surface area (Å²) in [6.07, 6.45) is 4.87. The predicted octanol–water partition coefficient (Wildman–Crippen LogP) is 3.87. The van der Waals surface area contributed by atoms with Gasteiger partial charge in [0.1, 0.15) is 0 Å². The zero-order valence-corrected chi connectivity index (χ0v) is 12.1. The molecule has 0 fully saturated rings. The summed E-state index contributed by atoms with van der Waals surface area (Å²) < 4.78 is 0. The minimum atomic E-state index is 0.956. The minimum Gasteiger partial charge on any atom is -0.313 e. The van der Waals surface area contributed by atoms with Crippen molar-refractivity contribution in [2.75, 3.05) is 6.54 Å². The highest BCUT2D eigenvalue weighted by molar-refractivity contribution is 7.98. The third kappa shape index (κ3) is 5.05. The minimum absolute atomic E-state index is 0.956. The summed E-state index contributed by atoms with van der Waals surface area (Å²) in [5, 5.41) is 3.43. The van der Waals surface area contributed by atoms with E-state index in [1.165, 1.54) is 22.4 Å². The van der Waals surface area contributed by atoms with Crippen LogP contribution in [0.2, 0.25) is 0 Å². The first-order valence-electron chi connectivity index (χ1n) is 6.70. The Morgan fingerprint density at radius 1 is 1.11 bits per heavy atom. The van der Waals surface area contributed by atoms with E-state index in [1.807, 2.05) is 24.2 Å². The fourth-order valence-corrected chi connectivity index (χ4v) is 2.74. The largest absolute Gasteiger partial charge is 0.313 e. The molecule has 0 aliphatic rings. The van der Waals surface area contributed by atoms with Gasteiger partial charge in [0.2, 0.25) is 0 Å². The van der Waals surface area contributed by atoms with Crippen LogP contribution in [0.4, 0.5) is 0 Å². The predicted molar refractivity (Wildman–Crippen MR) is 82.2 cm³/mol. The molecule has 0 amide bonds. The fraction of sp³-hybridized carbons (Fsp3) is 0.312. The van der Waals surface area contributed by atoms with Crippen LogP contribution in [-0.4, -0.2) is 11.5 Å². The zero-order valence-electron chi connectivity index (χ0n) is 11.3. The van der Waals surface area contributed by atoms with Crippen LogP contribution < -0.4 is 5.32 Å². The van der Waals surface area contributed by atoms with Gasteiger partial charge in [-0.3, -0.25) is 4.98 Å². The number of benzene rings is 1. The summed E-state index contributed by atoms with van der Waals surface area (Å²) in [5.74, 6) is 0.994. The molecule has 3 heteroatoms. The molecule has 0 radical (unpaired) electrons. The standard InChI is InChI=1S/C16H20N2S/c1-2-8-18-12-15-4-3-5-16(11-15)19-13-14-6-9-17-10-7-14/h3-7,9-11,18H,2,8,12-13H2,1H3. The molecule has 0 bridgehead atoms. The maximum atomic E-state index is 4.04. The van der Waals surface area contributed by atoms with Crippen LogP contribution in [0.3, 0.4) is 0 Å². The topological polar surface area (TPSA) is 24.9 Å². The van der Waals surface area contributed by atoms with Crippen molar-refractivity contribution < 1.29 is 0 Å². The molecule has 0 saturated heterocycles. The van der Waals surface area contributed by atoms with Crippen LogP contribution >= 0.6 is 11.8 Å². The number of aromatic nitrogens is 1. The molecule has 2 rings (SSSR count). The van der Waals surface area contributed by atoms with E-state index in [1.54, 1.807) is 0 Å². The van der Waals surface area contributed by atoms with E-state index in [4.69, 9.17) is 0 Å². The van der Waals surface area contributed by atoms with E-state index in [0.29, 0.717) is 0 Å². The van der Waals surface area contributed by atoms with Crippen molar-refractivity contribution in [3.63, 3.8) is 0 Å². The Morgan fingerprint density at radius 2 is 1.95 bits per heavy atom. The highest BCUT2D eigenvalue weighted by atomic mass is 32.2. The normalized spacial score (nSPS) is 10.6. The van der Waals surface area contributed by atoms with Crippen LogP contribution in [0.15, 0.2) is 53.7 Å². The van der Waals surface area contributed by atoms with Crippen molar-refractivity contribution in [2.24, 2.45) is 0 Å². The van der Waals surface area contributed by atoms with E-state index in [-0.39, 0.29) is 0 Å². The number of nitrogens with one attached hydrogen (secondary N) is 1. The van der Waals surface area contributed by atoms with Gasteiger partial charge in [-0.1, -0.05) is 19.1 Å². The maximum absolute atomic E-state index is 4.04. The lowest BCUT2D eigenvalue weighted by atomic mass is 10.2. The van der Waals surface area contributed by atoms with Gasteiger partial charge < -0.3 is 5.32 Å². The molecule has 0 aliphatic heterocycles. The lowest BCUT2D eigenvalue weighted by Crippen LogP contribution is -2.13. The second-order valence-corrected chi connectivity index (χ2v) is 5.52. The van der Waals surface area contributed by atoms with Gasteiger partial charge in [0.15, 0.2) is 0 Å². The molecular weight excluding hydrogens is 252 g/mol. The van der Waals surface area contributed by atoms with Crippen LogP contribution in [0, 0.1) is 0 Å². The Morgan fingerprint density at radius 3 is 2.74 bits per heavy atom. The average Bonchev–Trinajstić information content (AvgIpc) is 2.47. The molecule has 2 aromatic rings. The molecule has 0 atom stereocenters. The van der Waals surface area contributed by atoms with Crippen LogP contribution in [-0.2, 0) is 12.3 Å². The number of rotatable bonds is 7. The summed E-state index contributed by atoms with van der Waals surface area (Å²) in [6, 6.07) is 12.9. The molecule has 0 unspecified atom stereocenters. The first kappa shape index (κ1) is 14.1. The molecule has 1 aromatic heterocycles. The summed E-state index contributed by atoms with van der Waals surface area (Å²) in [4.78, 5) is 5.37. The van der Waals surface area contributed by atoms with Crippen molar-refractivity contribution in [3.05, 3.63) is 59.9 Å². The summed E-state index contributed by atoms with van der Waals surface area (Å²) in [5.41, 5.74) is 2.67. The summed E-state index contributed by atoms with van der Waals surface area (Å²) in [7, 11) is 0. The molecule has 1 aromatic carbocycles. The van der Waals surface area contributed by atoms with Gasteiger partial charge in [-0.05, 0) is 48.4 Å². The van der Waals surface area contributed by atoms with Gasteiger partial charge in [0, 0.05) is 29.6 Å². The van der Waals surface area contributed by atoms with E-state index < -0.39 is 0 Å². The van der Waals surface area contributed by atoms with Gasteiger partial charge >= 0.3 is 0 Å². The first-order valence-corrected chi connectivity index (χ1v) is 7.68. The van der Waals surface area contributed by atoms with E-state index in [2.05, 4.69) is 53.6 Å². The highest BCUT2D eigenvalue weighted by Gasteiger charge is 1.98. The molecule has 0 aliphatic carbocycles. The number of pyridine rings is 1. The van der Waals surface area contributed by atoms with Gasteiger partial charge in [-0.25, -0.2) is 0 Å². The summed E-state index contributed by atoms with van der Waals surface area (Å²) >= 11 is 1.87. The first-order chi connectivity index (χ1) is 9.38. The average molecular weight is 272 g/mol. The monoisotopic (exact) mass is 272 g/mol. The van der Waals surface area contributed by atoms with E-state index >= 15 is 0 Å². The quantitative estimate of drug-likeness (QED) is 0.612. The molecular formula is C16H20N2S.